The van der Waals surface area contributed by atoms with Crippen LogP contribution < -0.4 is 0 Å². The lowest BCUT2D eigenvalue weighted by atomic mass is 10.1. The standard InChI is InChI=1S/C17H9Cl3N2O3/c18-10-1-4-15(20)16(7-10)21-9-12-3-6-17(25-12)13-8-11(22(23)24)2-5-14(13)19/h1-9H. The normalized spacial score (nSPS) is 11.2. The van der Waals surface area contributed by atoms with Gasteiger partial charge in [-0.25, -0.2) is 0 Å². The number of nitro groups is 1. The second-order valence-corrected chi connectivity index (χ2v) is 6.23. The third-order valence-corrected chi connectivity index (χ3v) is 4.18. The maximum Gasteiger partial charge on any atom is 0.270 e. The molecule has 0 atom stereocenters. The lowest BCUT2D eigenvalue weighted by Crippen LogP contribution is -1.88. The number of aliphatic imine (C=N–C) groups is 1. The van der Waals surface area contributed by atoms with Crippen LogP contribution in [-0.2, 0) is 0 Å². The fourth-order valence-electron chi connectivity index (χ4n) is 2.10. The van der Waals surface area contributed by atoms with Gasteiger partial charge in [0.15, 0.2) is 0 Å². The first-order valence-corrected chi connectivity index (χ1v) is 8.11. The van der Waals surface area contributed by atoms with E-state index in [1.807, 2.05) is 0 Å². The van der Waals surface area contributed by atoms with Gasteiger partial charge < -0.3 is 4.42 Å². The Labute approximate surface area is 157 Å². The molecule has 0 bridgehead atoms. The van der Waals surface area contributed by atoms with Gasteiger partial charge in [0.2, 0.25) is 0 Å². The smallest absolute Gasteiger partial charge is 0.270 e. The summed E-state index contributed by atoms with van der Waals surface area (Å²) >= 11 is 18.1. The first kappa shape index (κ1) is 17.5. The number of nitrogens with zero attached hydrogens (tertiary/aromatic N) is 2. The third-order valence-electron chi connectivity index (χ3n) is 3.29. The molecule has 126 valence electrons. The van der Waals surface area contributed by atoms with E-state index >= 15 is 0 Å². The molecule has 0 saturated heterocycles. The molecule has 0 aliphatic carbocycles. The average molecular weight is 396 g/mol. The van der Waals surface area contributed by atoms with E-state index < -0.39 is 4.92 Å². The van der Waals surface area contributed by atoms with Gasteiger partial charge in [0.05, 0.1) is 26.9 Å². The Kier molecular flexibility index (Phi) is 5.08. The average Bonchev–Trinajstić information content (AvgIpc) is 3.04. The van der Waals surface area contributed by atoms with Gasteiger partial charge in [0.1, 0.15) is 11.5 Å². The first-order chi connectivity index (χ1) is 11.9. The summed E-state index contributed by atoms with van der Waals surface area (Å²) in [5.41, 5.74) is 0.855. The lowest BCUT2D eigenvalue weighted by Gasteiger charge is -2.00. The topological polar surface area (TPSA) is 68.6 Å². The SMILES string of the molecule is O=[N+]([O-])c1ccc(Cl)c(-c2ccc(C=Nc3cc(Cl)ccc3Cl)o2)c1. The van der Waals surface area contributed by atoms with Gasteiger partial charge in [-0.05, 0) is 36.4 Å². The van der Waals surface area contributed by atoms with Crippen LogP contribution in [0.5, 0.6) is 0 Å². The van der Waals surface area contributed by atoms with E-state index in [9.17, 15) is 10.1 Å². The number of hydrogen-bond donors (Lipinski definition) is 0. The molecule has 0 N–H and O–H groups in total. The molecule has 3 rings (SSSR count). The van der Waals surface area contributed by atoms with Crippen LogP contribution in [0.1, 0.15) is 5.76 Å². The number of hydrogen-bond acceptors (Lipinski definition) is 4. The Hall–Kier alpha value is -2.34. The van der Waals surface area contributed by atoms with Crippen LogP contribution in [0.3, 0.4) is 0 Å². The Morgan fingerprint density at radius 2 is 1.76 bits per heavy atom. The van der Waals surface area contributed by atoms with Crippen molar-refractivity contribution in [2.75, 3.05) is 0 Å². The zero-order valence-electron chi connectivity index (χ0n) is 12.4. The molecule has 0 unspecified atom stereocenters. The predicted octanol–water partition coefficient (Wildman–Crippen LogP) is 6.57. The summed E-state index contributed by atoms with van der Waals surface area (Å²) in [6.07, 6.45) is 1.48. The number of benzene rings is 2. The highest BCUT2D eigenvalue weighted by Gasteiger charge is 2.14. The van der Waals surface area contributed by atoms with Crippen molar-refractivity contribution in [1.29, 1.82) is 0 Å². The van der Waals surface area contributed by atoms with Crippen LogP contribution in [0.4, 0.5) is 11.4 Å². The number of halogens is 3. The molecule has 1 aromatic heterocycles. The molecule has 2 aromatic carbocycles. The van der Waals surface area contributed by atoms with Crippen molar-refractivity contribution in [3.8, 4) is 11.3 Å². The second-order valence-electron chi connectivity index (χ2n) is 4.98. The molecule has 3 aromatic rings. The molecule has 0 radical (unpaired) electrons. The van der Waals surface area contributed by atoms with Gasteiger partial charge in [0.25, 0.3) is 5.69 Å². The molecule has 1 heterocycles. The zero-order chi connectivity index (χ0) is 18.0. The largest absolute Gasteiger partial charge is 0.455 e. The summed E-state index contributed by atoms with van der Waals surface area (Å²) in [5.74, 6) is 0.834. The molecule has 0 aliphatic rings. The number of rotatable bonds is 4. The van der Waals surface area contributed by atoms with Crippen molar-refractivity contribution in [3.05, 3.63) is 79.5 Å². The molecule has 0 fully saturated rings. The van der Waals surface area contributed by atoms with E-state index in [-0.39, 0.29) is 5.69 Å². The van der Waals surface area contributed by atoms with Crippen LogP contribution in [-0.4, -0.2) is 11.1 Å². The van der Waals surface area contributed by atoms with E-state index in [0.717, 1.165) is 0 Å². The predicted molar refractivity (Wildman–Crippen MR) is 99.5 cm³/mol. The minimum atomic E-state index is -0.494. The summed E-state index contributed by atoms with van der Waals surface area (Å²) < 4.78 is 5.64. The Morgan fingerprint density at radius 3 is 2.52 bits per heavy atom. The van der Waals surface area contributed by atoms with Crippen molar-refractivity contribution in [2.45, 2.75) is 0 Å². The molecule has 5 nitrogen and oxygen atoms in total. The van der Waals surface area contributed by atoms with Gasteiger partial charge in [-0.3, -0.25) is 15.1 Å². The number of non-ortho nitro benzene ring substituents is 1. The van der Waals surface area contributed by atoms with E-state index in [4.69, 9.17) is 39.2 Å². The molecule has 0 amide bonds. The van der Waals surface area contributed by atoms with Crippen molar-refractivity contribution in [3.63, 3.8) is 0 Å². The first-order valence-electron chi connectivity index (χ1n) is 6.97. The van der Waals surface area contributed by atoms with Gasteiger partial charge in [-0.15, -0.1) is 0 Å². The van der Waals surface area contributed by atoms with Crippen LogP contribution >= 0.6 is 34.8 Å². The van der Waals surface area contributed by atoms with Crippen molar-refractivity contribution in [1.82, 2.24) is 0 Å². The molecule has 0 aliphatic heterocycles. The molecule has 0 spiro atoms. The second kappa shape index (κ2) is 7.27. The quantitative estimate of drug-likeness (QED) is 0.285. The van der Waals surface area contributed by atoms with Crippen LogP contribution in [0.15, 0.2) is 57.9 Å². The fourth-order valence-corrected chi connectivity index (χ4v) is 2.64. The van der Waals surface area contributed by atoms with E-state index in [1.165, 1.54) is 24.4 Å². The summed E-state index contributed by atoms with van der Waals surface area (Å²) in [6, 6.07) is 12.4. The highest BCUT2D eigenvalue weighted by molar-refractivity contribution is 6.35. The molecular formula is C17H9Cl3N2O3. The van der Waals surface area contributed by atoms with Gasteiger partial charge >= 0.3 is 0 Å². The Morgan fingerprint density at radius 1 is 1.00 bits per heavy atom. The van der Waals surface area contributed by atoms with E-state index in [0.29, 0.717) is 37.8 Å². The Balaban J connectivity index is 1.90. The Bertz CT molecular complexity index is 983. The van der Waals surface area contributed by atoms with Gasteiger partial charge in [0, 0.05) is 22.7 Å². The van der Waals surface area contributed by atoms with E-state index in [1.54, 1.807) is 30.3 Å². The summed E-state index contributed by atoms with van der Waals surface area (Å²) in [7, 11) is 0. The van der Waals surface area contributed by atoms with Crippen LogP contribution in [0.2, 0.25) is 15.1 Å². The van der Waals surface area contributed by atoms with Crippen molar-refractivity contribution in [2.24, 2.45) is 4.99 Å². The maximum atomic E-state index is 10.9. The molecule has 8 heteroatoms. The summed E-state index contributed by atoms with van der Waals surface area (Å²) in [4.78, 5) is 14.6. The van der Waals surface area contributed by atoms with Crippen LogP contribution in [0.25, 0.3) is 11.3 Å². The zero-order valence-corrected chi connectivity index (χ0v) is 14.7. The van der Waals surface area contributed by atoms with Gasteiger partial charge in [-0.2, -0.15) is 0 Å². The minimum absolute atomic E-state index is 0.0725. The molecule has 25 heavy (non-hydrogen) atoms. The monoisotopic (exact) mass is 394 g/mol. The maximum absolute atomic E-state index is 10.9. The van der Waals surface area contributed by atoms with E-state index in [2.05, 4.69) is 4.99 Å². The number of nitro benzene ring substituents is 1. The van der Waals surface area contributed by atoms with Crippen molar-refractivity contribution >= 4 is 52.4 Å². The highest BCUT2D eigenvalue weighted by Crippen LogP contribution is 2.33. The fraction of sp³-hybridized carbons (Fsp3) is 0. The highest BCUT2D eigenvalue weighted by atomic mass is 35.5. The summed E-state index contributed by atoms with van der Waals surface area (Å²) in [5, 5.41) is 12.2. The number of furan rings is 1. The van der Waals surface area contributed by atoms with Gasteiger partial charge in [-0.1, -0.05) is 34.8 Å². The molecular weight excluding hydrogens is 387 g/mol. The summed E-state index contributed by atoms with van der Waals surface area (Å²) in [6.45, 7) is 0. The van der Waals surface area contributed by atoms with Crippen LogP contribution in [0, 0.1) is 10.1 Å². The third kappa shape index (κ3) is 4.02. The molecule has 0 saturated carbocycles. The minimum Gasteiger partial charge on any atom is -0.455 e. The lowest BCUT2D eigenvalue weighted by molar-refractivity contribution is -0.384. The van der Waals surface area contributed by atoms with Crippen molar-refractivity contribution < 1.29 is 9.34 Å².